The van der Waals surface area contributed by atoms with Crippen LogP contribution in [0.4, 0.5) is 0 Å². The van der Waals surface area contributed by atoms with Crippen molar-refractivity contribution in [2.75, 3.05) is 13.7 Å². The average molecular weight is 529 g/mol. The Labute approximate surface area is 222 Å². The number of rotatable bonds is 11. The van der Waals surface area contributed by atoms with Crippen LogP contribution >= 0.6 is 0 Å². The van der Waals surface area contributed by atoms with Gasteiger partial charge in [-0.15, -0.1) is 0 Å². The molecule has 1 fully saturated rings. The summed E-state index contributed by atoms with van der Waals surface area (Å²) in [6, 6.07) is 7.53. The molecule has 1 aliphatic carbocycles. The van der Waals surface area contributed by atoms with Crippen molar-refractivity contribution < 1.29 is 33.4 Å². The zero-order valence-electron chi connectivity index (χ0n) is 22.3. The Kier molecular flexibility index (Phi) is 10.8. The number of carbonyl (C=O) groups excluding carboxylic acids is 5. The van der Waals surface area contributed by atoms with Gasteiger partial charge in [-0.3, -0.25) is 19.2 Å². The Morgan fingerprint density at radius 3 is 2.24 bits per heavy atom. The van der Waals surface area contributed by atoms with E-state index in [1.54, 1.807) is 45.0 Å². The van der Waals surface area contributed by atoms with Gasteiger partial charge in [0.05, 0.1) is 31.7 Å². The Hall–Kier alpha value is -3.94. The van der Waals surface area contributed by atoms with Crippen LogP contribution in [0.2, 0.25) is 0 Å². The van der Waals surface area contributed by atoms with Crippen molar-refractivity contribution in [1.82, 2.24) is 16.0 Å². The van der Waals surface area contributed by atoms with Gasteiger partial charge in [0.25, 0.3) is 0 Å². The maximum absolute atomic E-state index is 13.2. The van der Waals surface area contributed by atoms with E-state index in [0.29, 0.717) is 37.7 Å². The van der Waals surface area contributed by atoms with Gasteiger partial charge in [0.1, 0.15) is 17.2 Å². The molecule has 0 aromatic heterocycles. The van der Waals surface area contributed by atoms with Gasteiger partial charge >= 0.3 is 11.9 Å². The van der Waals surface area contributed by atoms with E-state index < -0.39 is 53.9 Å². The number of benzene rings is 1. The van der Waals surface area contributed by atoms with Gasteiger partial charge in [0.15, 0.2) is 0 Å². The first-order valence-electron chi connectivity index (χ1n) is 12.5. The monoisotopic (exact) mass is 528 g/mol. The largest absolute Gasteiger partial charge is 0.467 e. The van der Waals surface area contributed by atoms with Gasteiger partial charge in [-0.1, -0.05) is 25.0 Å². The molecule has 0 bridgehead atoms. The van der Waals surface area contributed by atoms with Crippen LogP contribution in [0, 0.1) is 11.3 Å². The fraction of sp³-hybridized carbons (Fsp3) is 0.556. The third kappa shape index (κ3) is 9.50. The van der Waals surface area contributed by atoms with Crippen molar-refractivity contribution in [3.05, 3.63) is 35.4 Å². The third-order valence-electron chi connectivity index (χ3n) is 6.01. The lowest BCUT2D eigenvalue weighted by molar-refractivity contribution is -0.157. The van der Waals surface area contributed by atoms with E-state index in [0.717, 1.165) is 5.56 Å². The molecule has 1 saturated carbocycles. The molecule has 1 aliphatic rings. The van der Waals surface area contributed by atoms with Gasteiger partial charge in [-0.2, -0.15) is 5.26 Å². The summed E-state index contributed by atoms with van der Waals surface area (Å²) in [6.07, 6.45) is 2.27. The van der Waals surface area contributed by atoms with Crippen LogP contribution in [0.25, 0.3) is 0 Å². The third-order valence-corrected chi connectivity index (χ3v) is 6.01. The summed E-state index contributed by atoms with van der Waals surface area (Å²) in [6.45, 7) is 4.62. The number of ether oxygens (including phenoxy) is 2. The molecule has 3 amide bonds. The summed E-state index contributed by atoms with van der Waals surface area (Å²) >= 11 is 0. The van der Waals surface area contributed by atoms with Crippen molar-refractivity contribution in [3.63, 3.8) is 0 Å². The smallest absolute Gasteiger partial charge is 0.331 e. The predicted octanol–water partition coefficient (Wildman–Crippen LogP) is 1.43. The number of hydrogen-bond donors (Lipinski definition) is 3. The topological polar surface area (TPSA) is 164 Å². The second kappa shape index (κ2) is 13.6. The fourth-order valence-electron chi connectivity index (χ4n) is 4.15. The van der Waals surface area contributed by atoms with Crippen molar-refractivity contribution in [1.29, 1.82) is 5.26 Å². The maximum Gasteiger partial charge on any atom is 0.331 e. The minimum absolute atomic E-state index is 0.114. The van der Waals surface area contributed by atoms with E-state index in [4.69, 9.17) is 14.7 Å². The molecular weight excluding hydrogens is 492 g/mol. The van der Waals surface area contributed by atoms with Gasteiger partial charge < -0.3 is 25.4 Å². The maximum atomic E-state index is 13.2. The molecule has 38 heavy (non-hydrogen) atoms. The van der Waals surface area contributed by atoms with Crippen LogP contribution in [0.15, 0.2) is 24.3 Å². The van der Waals surface area contributed by atoms with E-state index in [1.807, 2.05) is 6.07 Å². The molecule has 1 aromatic carbocycles. The summed E-state index contributed by atoms with van der Waals surface area (Å²) in [4.78, 5) is 62.9. The van der Waals surface area contributed by atoms with Crippen LogP contribution in [0.5, 0.6) is 0 Å². The molecular formula is C27H36N4O7. The van der Waals surface area contributed by atoms with E-state index in [9.17, 15) is 24.0 Å². The minimum atomic E-state index is -1.32. The molecule has 0 saturated heterocycles. The highest BCUT2D eigenvalue weighted by molar-refractivity contribution is 5.95. The summed E-state index contributed by atoms with van der Waals surface area (Å²) in [5.74, 6) is -3.07. The molecule has 206 valence electrons. The van der Waals surface area contributed by atoms with E-state index >= 15 is 0 Å². The fourth-order valence-corrected chi connectivity index (χ4v) is 4.15. The zero-order chi connectivity index (χ0) is 28.3. The number of nitrogens with zero attached hydrogens (tertiary/aromatic N) is 1. The Balaban J connectivity index is 1.99. The SMILES string of the molecule is COC(=O)C1(NC(=O)[C@H](CC(=O)OC(C)(C)C)NC(=O)CNC(=O)CCc2ccc(C#N)cc2)CCCC1. The molecule has 0 unspecified atom stereocenters. The lowest BCUT2D eigenvalue weighted by atomic mass is 9.96. The second-order valence-electron chi connectivity index (χ2n) is 10.3. The molecule has 11 nitrogen and oxygen atoms in total. The molecule has 3 N–H and O–H groups in total. The summed E-state index contributed by atoms with van der Waals surface area (Å²) in [5.41, 5.74) is -0.638. The normalized spacial score (nSPS) is 14.9. The minimum Gasteiger partial charge on any atom is -0.467 e. The quantitative estimate of drug-likeness (QED) is 0.363. The predicted molar refractivity (Wildman–Crippen MR) is 136 cm³/mol. The van der Waals surface area contributed by atoms with Crippen LogP contribution in [0.3, 0.4) is 0 Å². The highest BCUT2D eigenvalue weighted by Gasteiger charge is 2.45. The van der Waals surface area contributed by atoms with Gasteiger partial charge in [-0.25, -0.2) is 4.79 Å². The van der Waals surface area contributed by atoms with Crippen LogP contribution < -0.4 is 16.0 Å². The summed E-state index contributed by atoms with van der Waals surface area (Å²) in [7, 11) is 1.23. The lowest BCUT2D eigenvalue weighted by Crippen LogP contribution is -2.59. The molecule has 11 heteroatoms. The molecule has 0 aliphatic heterocycles. The van der Waals surface area contributed by atoms with Crippen molar-refractivity contribution in [2.24, 2.45) is 0 Å². The summed E-state index contributed by atoms with van der Waals surface area (Å²) in [5, 5.41) is 16.5. The van der Waals surface area contributed by atoms with Gasteiger partial charge in [0, 0.05) is 6.42 Å². The number of aryl methyl sites for hydroxylation is 1. The van der Waals surface area contributed by atoms with Crippen LogP contribution in [0.1, 0.15) is 70.4 Å². The highest BCUT2D eigenvalue weighted by Crippen LogP contribution is 2.31. The number of amides is 3. The van der Waals surface area contributed by atoms with Gasteiger partial charge in [0.2, 0.25) is 17.7 Å². The first-order chi connectivity index (χ1) is 17.9. The van der Waals surface area contributed by atoms with Crippen LogP contribution in [-0.2, 0) is 39.9 Å². The molecule has 0 heterocycles. The second-order valence-corrected chi connectivity index (χ2v) is 10.3. The highest BCUT2D eigenvalue weighted by atomic mass is 16.6. The van der Waals surface area contributed by atoms with E-state index in [-0.39, 0.29) is 12.3 Å². The standard InChI is InChI=1S/C27H36N4O7/c1-26(2,3)38-23(34)15-20(24(35)31-27(25(36)37-4)13-5-6-14-27)30-22(33)17-29-21(32)12-11-18-7-9-19(16-28)10-8-18/h7-10,20H,5-6,11-15,17H2,1-4H3,(H,29,32)(H,30,33)(H,31,35)/t20-/m0/s1. The first kappa shape index (κ1) is 30.3. The number of methoxy groups -OCH3 is 1. The number of nitriles is 1. The molecule has 1 aromatic rings. The Morgan fingerprint density at radius 1 is 1.05 bits per heavy atom. The summed E-state index contributed by atoms with van der Waals surface area (Å²) < 4.78 is 10.2. The number of nitrogens with one attached hydrogen (secondary N) is 3. The number of esters is 2. The number of hydrogen-bond acceptors (Lipinski definition) is 8. The van der Waals surface area contributed by atoms with Crippen molar-refractivity contribution in [2.45, 2.75) is 82.9 Å². The molecule has 0 radical (unpaired) electrons. The average Bonchev–Trinajstić information content (AvgIpc) is 3.34. The van der Waals surface area contributed by atoms with Crippen molar-refractivity contribution >= 4 is 29.7 Å². The molecule has 0 spiro atoms. The Morgan fingerprint density at radius 2 is 1.68 bits per heavy atom. The molecule has 1 atom stereocenters. The zero-order valence-corrected chi connectivity index (χ0v) is 22.3. The lowest BCUT2D eigenvalue weighted by Gasteiger charge is -2.30. The van der Waals surface area contributed by atoms with E-state index in [2.05, 4.69) is 16.0 Å². The van der Waals surface area contributed by atoms with E-state index in [1.165, 1.54) is 7.11 Å². The van der Waals surface area contributed by atoms with Crippen LogP contribution in [-0.4, -0.2) is 60.5 Å². The molecule has 2 rings (SSSR count). The van der Waals surface area contributed by atoms with Crippen molar-refractivity contribution in [3.8, 4) is 6.07 Å². The van der Waals surface area contributed by atoms with Gasteiger partial charge in [-0.05, 0) is 57.7 Å². The first-order valence-corrected chi connectivity index (χ1v) is 12.5. The Bertz CT molecular complexity index is 1060. The number of carbonyl (C=O) groups is 5.